The van der Waals surface area contributed by atoms with Gasteiger partial charge in [-0.25, -0.2) is 4.39 Å². The minimum Gasteiger partial charge on any atom is -0.310 e. The van der Waals surface area contributed by atoms with Crippen molar-refractivity contribution in [2.75, 3.05) is 6.54 Å². The SMILES string of the molecule is C[C@@H](NCCCC#N)c1ccc(Cl)c(F)c1. The lowest BCUT2D eigenvalue weighted by Crippen LogP contribution is -2.19. The van der Waals surface area contributed by atoms with Gasteiger partial charge in [0.25, 0.3) is 0 Å². The largest absolute Gasteiger partial charge is 0.310 e. The third-order valence-corrected chi connectivity index (χ3v) is 2.67. The van der Waals surface area contributed by atoms with Crippen molar-refractivity contribution in [3.05, 3.63) is 34.6 Å². The molecule has 0 saturated carbocycles. The third kappa shape index (κ3) is 3.80. The van der Waals surface area contributed by atoms with Gasteiger partial charge < -0.3 is 5.32 Å². The van der Waals surface area contributed by atoms with E-state index < -0.39 is 5.82 Å². The van der Waals surface area contributed by atoms with Gasteiger partial charge in [0.15, 0.2) is 0 Å². The summed E-state index contributed by atoms with van der Waals surface area (Å²) in [6.45, 7) is 2.70. The quantitative estimate of drug-likeness (QED) is 0.801. The van der Waals surface area contributed by atoms with Crippen LogP contribution in [0.5, 0.6) is 0 Å². The first-order chi connectivity index (χ1) is 7.65. The van der Waals surface area contributed by atoms with Crippen LogP contribution >= 0.6 is 11.6 Å². The third-order valence-electron chi connectivity index (χ3n) is 2.36. The lowest BCUT2D eigenvalue weighted by Gasteiger charge is -2.14. The van der Waals surface area contributed by atoms with Gasteiger partial charge >= 0.3 is 0 Å². The number of benzene rings is 1. The van der Waals surface area contributed by atoms with E-state index >= 15 is 0 Å². The van der Waals surface area contributed by atoms with Gasteiger partial charge in [-0.2, -0.15) is 5.26 Å². The van der Waals surface area contributed by atoms with E-state index in [4.69, 9.17) is 16.9 Å². The van der Waals surface area contributed by atoms with Crippen molar-refractivity contribution in [3.8, 4) is 6.07 Å². The monoisotopic (exact) mass is 240 g/mol. The van der Waals surface area contributed by atoms with Crippen LogP contribution in [0, 0.1) is 17.1 Å². The molecule has 0 aliphatic rings. The fourth-order valence-electron chi connectivity index (χ4n) is 1.39. The average molecular weight is 241 g/mol. The van der Waals surface area contributed by atoms with Crippen LogP contribution in [-0.4, -0.2) is 6.54 Å². The Morgan fingerprint density at radius 1 is 1.56 bits per heavy atom. The molecular formula is C12H14ClFN2. The Hall–Kier alpha value is -1.11. The average Bonchev–Trinajstić information content (AvgIpc) is 2.28. The molecule has 1 N–H and O–H groups in total. The predicted molar refractivity (Wildman–Crippen MR) is 62.7 cm³/mol. The molecule has 0 spiro atoms. The second-order valence-corrected chi connectivity index (χ2v) is 4.02. The summed E-state index contributed by atoms with van der Waals surface area (Å²) in [5, 5.41) is 11.7. The number of rotatable bonds is 5. The van der Waals surface area contributed by atoms with Crippen molar-refractivity contribution in [2.45, 2.75) is 25.8 Å². The summed E-state index contributed by atoms with van der Waals surface area (Å²) < 4.78 is 13.2. The first kappa shape index (κ1) is 13.0. The van der Waals surface area contributed by atoms with Gasteiger partial charge in [-0.1, -0.05) is 17.7 Å². The molecule has 1 atom stereocenters. The fraction of sp³-hybridized carbons (Fsp3) is 0.417. The second kappa shape index (κ2) is 6.47. The Morgan fingerprint density at radius 3 is 2.94 bits per heavy atom. The zero-order chi connectivity index (χ0) is 12.0. The smallest absolute Gasteiger partial charge is 0.142 e. The minimum atomic E-state index is -0.398. The summed E-state index contributed by atoms with van der Waals surface area (Å²) in [6, 6.07) is 6.93. The highest BCUT2D eigenvalue weighted by Gasteiger charge is 2.07. The molecule has 1 aromatic rings. The number of nitriles is 1. The van der Waals surface area contributed by atoms with Crippen molar-refractivity contribution in [2.24, 2.45) is 0 Å². The van der Waals surface area contributed by atoms with Crippen molar-refractivity contribution < 1.29 is 4.39 Å². The van der Waals surface area contributed by atoms with Crippen LogP contribution in [0.1, 0.15) is 31.4 Å². The molecule has 2 nitrogen and oxygen atoms in total. The van der Waals surface area contributed by atoms with Crippen LogP contribution in [0.15, 0.2) is 18.2 Å². The number of halogens is 2. The maximum absolute atomic E-state index is 13.2. The Morgan fingerprint density at radius 2 is 2.31 bits per heavy atom. The molecule has 0 heterocycles. The zero-order valence-electron chi connectivity index (χ0n) is 9.13. The van der Waals surface area contributed by atoms with E-state index in [1.807, 2.05) is 6.92 Å². The molecule has 0 bridgehead atoms. The molecule has 1 aromatic carbocycles. The van der Waals surface area contributed by atoms with Crippen LogP contribution in [0.3, 0.4) is 0 Å². The first-order valence-corrected chi connectivity index (χ1v) is 5.58. The van der Waals surface area contributed by atoms with Gasteiger partial charge in [-0.15, -0.1) is 0 Å². The van der Waals surface area contributed by atoms with Crippen LogP contribution in [0.4, 0.5) is 4.39 Å². The summed E-state index contributed by atoms with van der Waals surface area (Å²) in [5.41, 5.74) is 0.860. The fourth-order valence-corrected chi connectivity index (χ4v) is 1.50. The van der Waals surface area contributed by atoms with Crippen molar-refractivity contribution in [1.82, 2.24) is 5.32 Å². The Balaban J connectivity index is 2.50. The second-order valence-electron chi connectivity index (χ2n) is 3.61. The summed E-state index contributed by atoms with van der Waals surface area (Å²) in [6.07, 6.45) is 1.34. The molecule has 1 rings (SSSR count). The standard InChI is InChI=1S/C12H14ClFN2/c1-9(16-7-3-2-6-15)10-4-5-11(13)12(14)8-10/h4-5,8-9,16H,2-3,7H2,1H3/t9-/m1/s1. The molecule has 16 heavy (non-hydrogen) atoms. The molecule has 0 unspecified atom stereocenters. The molecule has 86 valence electrons. The van der Waals surface area contributed by atoms with E-state index in [1.54, 1.807) is 12.1 Å². The van der Waals surface area contributed by atoms with Gasteiger partial charge in [-0.05, 0) is 37.6 Å². The van der Waals surface area contributed by atoms with Crippen LogP contribution in [0.25, 0.3) is 0 Å². The molecule has 0 saturated heterocycles. The van der Waals surface area contributed by atoms with Gasteiger partial charge in [0.2, 0.25) is 0 Å². The number of nitrogens with zero attached hydrogens (tertiary/aromatic N) is 1. The maximum atomic E-state index is 13.2. The molecule has 0 amide bonds. The van der Waals surface area contributed by atoms with E-state index in [2.05, 4.69) is 11.4 Å². The number of hydrogen-bond donors (Lipinski definition) is 1. The molecule has 0 aromatic heterocycles. The van der Waals surface area contributed by atoms with Crippen LogP contribution < -0.4 is 5.32 Å². The number of unbranched alkanes of at least 4 members (excludes halogenated alkanes) is 1. The number of nitrogens with one attached hydrogen (secondary N) is 1. The van der Waals surface area contributed by atoms with Crippen molar-refractivity contribution in [3.63, 3.8) is 0 Å². The molecular weight excluding hydrogens is 227 g/mol. The van der Waals surface area contributed by atoms with E-state index in [-0.39, 0.29) is 11.1 Å². The molecule has 4 heteroatoms. The van der Waals surface area contributed by atoms with E-state index in [1.165, 1.54) is 6.07 Å². The van der Waals surface area contributed by atoms with Gasteiger partial charge in [0.05, 0.1) is 11.1 Å². The lowest BCUT2D eigenvalue weighted by atomic mass is 10.1. The van der Waals surface area contributed by atoms with Crippen LogP contribution in [0.2, 0.25) is 5.02 Å². The lowest BCUT2D eigenvalue weighted by molar-refractivity contribution is 0.555. The highest BCUT2D eigenvalue weighted by Crippen LogP contribution is 2.19. The van der Waals surface area contributed by atoms with Gasteiger partial charge in [0.1, 0.15) is 5.82 Å². The minimum absolute atomic E-state index is 0.0606. The first-order valence-electron chi connectivity index (χ1n) is 5.20. The van der Waals surface area contributed by atoms with Gasteiger partial charge in [0, 0.05) is 12.5 Å². The molecule has 0 radical (unpaired) electrons. The molecule has 0 aliphatic carbocycles. The highest BCUT2D eigenvalue weighted by atomic mass is 35.5. The van der Waals surface area contributed by atoms with Crippen molar-refractivity contribution >= 4 is 11.6 Å². The Labute approximate surface area is 100 Å². The predicted octanol–water partition coefficient (Wildman–Crippen LogP) is 3.43. The van der Waals surface area contributed by atoms with E-state index in [0.717, 1.165) is 18.5 Å². The Bertz CT molecular complexity index is 387. The summed E-state index contributed by atoms with van der Waals surface area (Å²) in [4.78, 5) is 0. The Kier molecular flexibility index (Phi) is 5.24. The molecule has 0 aliphatic heterocycles. The van der Waals surface area contributed by atoms with Crippen LogP contribution in [-0.2, 0) is 0 Å². The molecule has 0 fully saturated rings. The van der Waals surface area contributed by atoms with Crippen molar-refractivity contribution in [1.29, 1.82) is 5.26 Å². The number of hydrogen-bond acceptors (Lipinski definition) is 2. The van der Waals surface area contributed by atoms with E-state index in [0.29, 0.717) is 6.42 Å². The summed E-state index contributed by atoms with van der Waals surface area (Å²) in [7, 11) is 0. The summed E-state index contributed by atoms with van der Waals surface area (Å²) in [5.74, 6) is -0.398. The van der Waals surface area contributed by atoms with Gasteiger partial charge in [-0.3, -0.25) is 0 Å². The topological polar surface area (TPSA) is 35.8 Å². The zero-order valence-corrected chi connectivity index (χ0v) is 9.89. The van der Waals surface area contributed by atoms with E-state index in [9.17, 15) is 4.39 Å². The normalized spacial score (nSPS) is 12.1. The highest BCUT2D eigenvalue weighted by molar-refractivity contribution is 6.30. The maximum Gasteiger partial charge on any atom is 0.142 e. The summed E-state index contributed by atoms with van der Waals surface area (Å²) >= 11 is 5.60.